The van der Waals surface area contributed by atoms with Crippen LogP contribution >= 0.6 is 0 Å². The molecule has 0 nitrogen and oxygen atoms in total. The third-order valence-electron chi connectivity index (χ3n) is 0. The molecule has 0 rings (SSSR count). The molecule has 0 aliphatic rings. The summed E-state index contributed by atoms with van der Waals surface area (Å²) in [7, 11) is 0. The second-order valence-corrected chi connectivity index (χ2v) is 0. The predicted molar refractivity (Wildman–Crippen MR) is 11.5 cm³/mol. The Morgan fingerprint density at radius 1 is 0.400 bits per heavy atom. The summed E-state index contributed by atoms with van der Waals surface area (Å²) in [6, 6.07) is 0. The Labute approximate surface area is 116 Å². The van der Waals surface area contributed by atoms with Crippen molar-refractivity contribution in [3.63, 3.8) is 0 Å². The number of rotatable bonds is 0. The van der Waals surface area contributed by atoms with E-state index in [1.54, 1.807) is 0 Å². The van der Waals surface area contributed by atoms with Gasteiger partial charge in [-0.15, -0.1) is 0 Å². The van der Waals surface area contributed by atoms with E-state index in [0.717, 1.165) is 0 Å². The fourth-order valence-corrected chi connectivity index (χ4v) is 0. The van der Waals surface area contributed by atoms with Gasteiger partial charge in [-0.25, -0.2) is 0 Å². The second-order valence-electron chi connectivity index (χ2n) is 0. The molecular formula is As2Hg3. The van der Waals surface area contributed by atoms with Crippen LogP contribution in [0.3, 0.4) is 0 Å². The fraction of sp³-hybridized carbons (Fsp3) is 0. The first kappa shape index (κ1) is 36.4. The van der Waals surface area contributed by atoms with Gasteiger partial charge in [0, 0.05) is 0 Å². The fourth-order valence-electron chi connectivity index (χ4n) is 0. The zero-order valence-electron chi connectivity index (χ0n) is 3.02. The SMILES string of the molecule is [As-3].[As-3].[Hg+2].[Hg+2].[Hg+2]. The van der Waals surface area contributed by atoms with Gasteiger partial charge in [-0.1, -0.05) is 0 Å². The van der Waals surface area contributed by atoms with Crippen LogP contribution in [0.2, 0.25) is 0 Å². The molecule has 0 aliphatic heterocycles. The Kier molecular flexibility index (Phi) is 180. The maximum absolute atomic E-state index is 0. The van der Waals surface area contributed by atoms with Crippen LogP contribution in [0.5, 0.6) is 0 Å². The molecule has 5 heavy (non-hydrogen) atoms. The van der Waals surface area contributed by atoms with Crippen LogP contribution in [0, 0.1) is 0 Å². The van der Waals surface area contributed by atoms with Crippen molar-refractivity contribution in [3.05, 3.63) is 0 Å². The normalized spacial score (nSPS) is 0. The van der Waals surface area contributed by atoms with Crippen molar-refractivity contribution in [2.45, 2.75) is 0 Å². The van der Waals surface area contributed by atoms with Crippen LogP contribution in [0.4, 0.5) is 0 Å². The molecule has 0 spiro atoms. The summed E-state index contributed by atoms with van der Waals surface area (Å²) in [4.78, 5) is 0. The van der Waals surface area contributed by atoms with Crippen LogP contribution in [0.15, 0.2) is 0 Å². The standard InChI is InChI=1S/2As.3Hg/q2*-3;3*+2. The molecule has 5 heteroatoms. The largest absolute Gasteiger partial charge is 3.00 e. The first-order chi connectivity index (χ1) is 0. The van der Waals surface area contributed by atoms with Crippen molar-refractivity contribution < 1.29 is 83.0 Å². The molecule has 0 bridgehead atoms. The molecule has 0 aromatic heterocycles. The molecule has 0 saturated heterocycles. The third kappa shape index (κ3) is 18.1. The van der Waals surface area contributed by atoms with E-state index in [0.29, 0.717) is 0 Å². The van der Waals surface area contributed by atoms with Crippen LogP contribution in [0.25, 0.3) is 0 Å². The van der Waals surface area contributed by atoms with Gasteiger partial charge in [0.15, 0.2) is 0 Å². The van der Waals surface area contributed by atoms with Gasteiger partial charge in [0.1, 0.15) is 0 Å². The molecule has 0 amide bonds. The molecule has 0 N–H and O–H groups in total. The maximum Gasteiger partial charge on any atom is 2.00 e. The van der Waals surface area contributed by atoms with Crippen molar-refractivity contribution in [2.75, 3.05) is 0 Å². The summed E-state index contributed by atoms with van der Waals surface area (Å²) in [6.07, 6.45) is 0. The number of hydrogen-bond acceptors (Lipinski definition) is 0. The van der Waals surface area contributed by atoms with Gasteiger partial charge in [0.2, 0.25) is 0 Å². The maximum atomic E-state index is 0. The molecule has 0 radical (unpaired) electrons. The van der Waals surface area contributed by atoms with Gasteiger partial charge < -0.3 is 35.9 Å². The monoisotopic (exact) mass is 756 g/mol. The Morgan fingerprint density at radius 3 is 0.400 bits per heavy atom. The molecule has 0 unspecified atom stereocenters. The van der Waals surface area contributed by atoms with E-state index in [1.165, 1.54) is 0 Å². The van der Waals surface area contributed by atoms with Gasteiger partial charge in [-0.05, 0) is 0 Å². The van der Waals surface area contributed by atoms with E-state index < -0.39 is 0 Å². The summed E-state index contributed by atoms with van der Waals surface area (Å²) >= 11 is 0. The zero-order valence-corrected chi connectivity index (χ0v) is 23.3. The van der Waals surface area contributed by atoms with Crippen LogP contribution in [-0.2, 0) is 83.0 Å². The van der Waals surface area contributed by atoms with Gasteiger partial charge in [0.05, 0.1) is 0 Å². The van der Waals surface area contributed by atoms with Crippen LogP contribution in [-0.4, -0.2) is 35.9 Å². The van der Waals surface area contributed by atoms with Crippen LogP contribution in [0.1, 0.15) is 0 Å². The second kappa shape index (κ2) is 24.7. The van der Waals surface area contributed by atoms with Crippen molar-refractivity contribution in [1.29, 1.82) is 0 Å². The average Bonchev–Trinajstić information content (AvgIpc) is 0. The first-order valence-electron chi connectivity index (χ1n) is 0. The molecule has 0 aliphatic carbocycles. The van der Waals surface area contributed by atoms with E-state index in [-0.39, 0.29) is 119 Å². The van der Waals surface area contributed by atoms with Crippen LogP contribution < -0.4 is 0 Å². The molecule has 0 saturated carbocycles. The van der Waals surface area contributed by atoms with Gasteiger partial charge in [0.25, 0.3) is 0 Å². The molecular weight excluding hydrogens is 752 g/mol. The molecule has 0 aromatic rings. The van der Waals surface area contributed by atoms with Crippen molar-refractivity contribution >= 4 is 35.9 Å². The molecule has 16 valence electrons. The van der Waals surface area contributed by atoms with Crippen molar-refractivity contribution in [1.82, 2.24) is 0 Å². The predicted octanol–water partition coefficient (Wildman–Crippen LogP) is -0.769. The number of hydrogen-bond donors (Lipinski definition) is 0. The summed E-state index contributed by atoms with van der Waals surface area (Å²) in [5, 5.41) is 0. The molecule has 0 aromatic carbocycles. The molecule has 0 fully saturated rings. The molecule has 0 atom stereocenters. The van der Waals surface area contributed by atoms with Gasteiger partial charge in [-0.2, -0.15) is 0 Å². The Hall–Kier alpha value is 3.92. The molecule has 0 heterocycles. The Bertz CT molecular complexity index is 4.85. The van der Waals surface area contributed by atoms with Crippen molar-refractivity contribution in [2.24, 2.45) is 0 Å². The minimum atomic E-state index is 0. The summed E-state index contributed by atoms with van der Waals surface area (Å²) in [6.45, 7) is 0. The quantitative estimate of drug-likeness (QED) is 0.286. The van der Waals surface area contributed by atoms with E-state index in [1.807, 2.05) is 0 Å². The third-order valence-corrected chi connectivity index (χ3v) is 0. The summed E-state index contributed by atoms with van der Waals surface area (Å²) in [5.74, 6) is 0. The summed E-state index contributed by atoms with van der Waals surface area (Å²) < 4.78 is 0. The first-order valence-corrected chi connectivity index (χ1v) is 0. The smallest absolute Gasteiger partial charge is 2.00 e. The average molecular weight is 752 g/mol. The van der Waals surface area contributed by atoms with E-state index in [4.69, 9.17) is 0 Å². The summed E-state index contributed by atoms with van der Waals surface area (Å²) in [5.41, 5.74) is 0. The van der Waals surface area contributed by atoms with E-state index in [9.17, 15) is 0 Å². The van der Waals surface area contributed by atoms with Crippen molar-refractivity contribution in [3.8, 4) is 0 Å². The Balaban J connectivity index is 0. The Morgan fingerprint density at radius 2 is 0.400 bits per heavy atom. The minimum absolute atomic E-state index is 0. The topological polar surface area (TPSA) is 0 Å². The van der Waals surface area contributed by atoms with Gasteiger partial charge >= 0.3 is 83.0 Å². The van der Waals surface area contributed by atoms with E-state index >= 15 is 0 Å². The zero-order chi connectivity index (χ0) is 0. The minimum Gasteiger partial charge on any atom is -3.00 e. The van der Waals surface area contributed by atoms with E-state index in [2.05, 4.69) is 0 Å². The van der Waals surface area contributed by atoms with Gasteiger partial charge in [-0.3, -0.25) is 0 Å².